The van der Waals surface area contributed by atoms with Gasteiger partial charge in [-0.2, -0.15) is 13.2 Å². The number of rotatable bonds is 5. The summed E-state index contributed by atoms with van der Waals surface area (Å²) in [7, 11) is 0. The monoisotopic (exact) mass is 647 g/mol. The molecule has 1 saturated carbocycles. The Hall–Kier alpha value is -3.67. The van der Waals surface area contributed by atoms with Crippen LogP contribution in [0.15, 0.2) is 54.6 Å². The predicted molar refractivity (Wildman–Crippen MR) is 153 cm³/mol. The molecule has 3 aliphatic heterocycles. The van der Waals surface area contributed by atoms with Crippen LogP contribution in [-0.4, -0.2) is 46.9 Å². The van der Waals surface area contributed by atoms with Crippen LogP contribution in [0.25, 0.3) is 0 Å². The zero-order valence-electron chi connectivity index (χ0n) is 22.7. The molecule has 1 aliphatic carbocycles. The van der Waals surface area contributed by atoms with Crippen molar-refractivity contribution < 1.29 is 37.1 Å². The van der Waals surface area contributed by atoms with Crippen molar-refractivity contribution in [3.63, 3.8) is 0 Å². The number of halogens is 6. The van der Waals surface area contributed by atoms with E-state index >= 15 is 4.39 Å². The smallest absolute Gasteiger partial charge is 0.417 e. The molecule has 2 amide bonds. The van der Waals surface area contributed by atoms with Crippen molar-refractivity contribution in [1.82, 2.24) is 4.90 Å². The zero-order valence-corrected chi connectivity index (χ0v) is 24.2. The van der Waals surface area contributed by atoms with Gasteiger partial charge in [-0.25, -0.2) is 9.18 Å². The third kappa shape index (κ3) is 4.16. The van der Waals surface area contributed by atoms with Gasteiger partial charge in [-0.3, -0.25) is 14.5 Å². The van der Waals surface area contributed by atoms with E-state index < -0.39 is 64.3 Å². The van der Waals surface area contributed by atoms with Gasteiger partial charge in [0.2, 0.25) is 11.8 Å². The van der Waals surface area contributed by atoms with E-state index in [1.165, 1.54) is 23.1 Å². The maximum absolute atomic E-state index is 16.0. The number of alkyl halides is 3. The first-order valence-corrected chi connectivity index (χ1v) is 14.7. The summed E-state index contributed by atoms with van der Waals surface area (Å²) in [5, 5.41) is 12.4. The first kappa shape index (κ1) is 29.1. The molecule has 4 aliphatic rings. The molecule has 2 N–H and O–H groups in total. The molecule has 3 fully saturated rings. The van der Waals surface area contributed by atoms with Crippen molar-refractivity contribution in [3.8, 4) is 0 Å². The molecular weight excluding hydrogens is 625 g/mol. The van der Waals surface area contributed by atoms with Gasteiger partial charge in [0.1, 0.15) is 11.4 Å². The third-order valence-electron chi connectivity index (χ3n) is 9.30. The van der Waals surface area contributed by atoms with Gasteiger partial charge in [0.15, 0.2) is 0 Å². The van der Waals surface area contributed by atoms with E-state index in [2.05, 4.69) is 5.32 Å². The summed E-state index contributed by atoms with van der Waals surface area (Å²) in [5.74, 6) is -5.57. The van der Waals surface area contributed by atoms with E-state index in [-0.39, 0.29) is 28.7 Å². The van der Waals surface area contributed by atoms with E-state index in [1.807, 2.05) is 4.90 Å². The SMILES string of the molecule is O=C(O)c1ccc(N2C[C@H]3[C@@H](C2=O)[C@H](c2cccc(Cl)c2F)[C@]2(C(=O)Nc4cc(Cl)ccc42)N3CC2CC2)cc1C(F)(F)F. The molecule has 0 bridgehead atoms. The minimum absolute atomic E-state index is 0.0381. The molecule has 2 saturated heterocycles. The topological polar surface area (TPSA) is 90.0 Å². The Morgan fingerprint density at radius 1 is 1.07 bits per heavy atom. The number of fused-ring (bicyclic) bond motifs is 3. The lowest BCUT2D eigenvalue weighted by Crippen LogP contribution is -2.54. The Labute approximate surface area is 258 Å². The van der Waals surface area contributed by atoms with Crippen molar-refractivity contribution in [2.24, 2.45) is 11.8 Å². The molecule has 0 radical (unpaired) electrons. The lowest BCUT2D eigenvalue weighted by atomic mass is 9.71. The van der Waals surface area contributed by atoms with Gasteiger partial charge >= 0.3 is 12.1 Å². The van der Waals surface area contributed by atoms with Crippen LogP contribution in [0.3, 0.4) is 0 Å². The molecule has 13 heteroatoms. The molecule has 44 heavy (non-hydrogen) atoms. The standard InChI is InChI=1S/C31H23Cl2F4N3O4/c32-15-6-9-19-22(10-15)38-29(44)30(19)25(18-2-1-3-21(33)26(18)34)24-23(40(30)12-14-4-5-14)13-39(27(24)41)16-7-8-17(28(42)43)20(11-16)31(35,36)37/h1-3,6-11,14,23-25H,4-5,12-13H2,(H,38,44)(H,42,43)/t23-,24+,25-,30+/m0/s1. The van der Waals surface area contributed by atoms with E-state index in [9.17, 15) is 32.7 Å². The van der Waals surface area contributed by atoms with E-state index in [0.29, 0.717) is 28.9 Å². The van der Waals surface area contributed by atoms with Gasteiger partial charge in [-0.1, -0.05) is 41.4 Å². The quantitative estimate of drug-likeness (QED) is 0.307. The molecule has 3 heterocycles. The van der Waals surface area contributed by atoms with Gasteiger partial charge in [0, 0.05) is 47.0 Å². The van der Waals surface area contributed by atoms with Crippen molar-refractivity contribution >= 4 is 52.4 Å². The van der Waals surface area contributed by atoms with Crippen LogP contribution >= 0.6 is 23.2 Å². The molecule has 3 aromatic carbocycles. The number of carboxylic acid groups (broad SMARTS) is 1. The van der Waals surface area contributed by atoms with Crippen molar-refractivity contribution in [2.45, 2.75) is 36.5 Å². The number of likely N-dealkylation sites (tertiary alicyclic amines) is 1. The minimum Gasteiger partial charge on any atom is -0.478 e. The third-order valence-corrected chi connectivity index (χ3v) is 9.83. The summed E-state index contributed by atoms with van der Waals surface area (Å²) < 4.78 is 57.7. The maximum atomic E-state index is 16.0. The Morgan fingerprint density at radius 2 is 1.82 bits per heavy atom. The number of carbonyl (C=O) groups excluding carboxylic acids is 2. The highest BCUT2D eigenvalue weighted by Crippen LogP contribution is 2.62. The Bertz CT molecular complexity index is 1760. The average Bonchev–Trinajstić information content (AvgIpc) is 3.58. The number of benzene rings is 3. The average molecular weight is 648 g/mol. The molecule has 3 aromatic rings. The number of nitrogens with one attached hydrogen (secondary N) is 1. The number of carbonyl (C=O) groups is 3. The van der Waals surface area contributed by atoms with Crippen LogP contribution in [0.2, 0.25) is 10.0 Å². The van der Waals surface area contributed by atoms with Crippen LogP contribution in [0.1, 0.15) is 45.8 Å². The number of amides is 2. The Kier molecular flexibility index (Phi) is 6.55. The highest BCUT2D eigenvalue weighted by molar-refractivity contribution is 6.31. The Morgan fingerprint density at radius 3 is 2.50 bits per heavy atom. The van der Waals surface area contributed by atoms with Crippen LogP contribution in [0.5, 0.6) is 0 Å². The molecular formula is C31H23Cl2F4N3O4. The Balaban J connectivity index is 1.43. The first-order valence-electron chi connectivity index (χ1n) is 13.9. The summed E-state index contributed by atoms with van der Waals surface area (Å²) in [6.07, 6.45) is -3.22. The minimum atomic E-state index is -5.00. The normalized spacial score (nSPS) is 26.3. The molecule has 0 unspecified atom stereocenters. The lowest BCUT2D eigenvalue weighted by molar-refractivity contribution is -0.138. The van der Waals surface area contributed by atoms with Crippen LogP contribution in [0, 0.1) is 17.7 Å². The number of anilines is 2. The largest absolute Gasteiger partial charge is 0.478 e. The number of aromatic carboxylic acids is 1. The molecule has 7 nitrogen and oxygen atoms in total. The fraction of sp³-hybridized carbons (Fsp3) is 0.323. The number of nitrogens with zero attached hydrogens (tertiary/aromatic N) is 2. The molecule has 228 valence electrons. The number of hydrogen-bond acceptors (Lipinski definition) is 4. The van der Waals surface area contributed by atoms with E-state index in [1.54, 1.807) is 18.2 Å². The van der Waals surface area contributed by atoms with Crippen LogP contribution in [-0.2, 0) is 21.3 Å². The molecule has 4 atom stereocenters. The number of carboxylic acids is 1. The summed E-state index contributed by atoms with van der Waals surface area (Å²) in [4.78, 5) is 43.3. The van der Waals surface area contributed by atoms with Gasteiger partial charge in [-0.15, -0.1) is 0 Å². The fourth-order valence-corrected chi connectivity index (χ4v) is 7.72. The van der Waals surface area contributed by atoms with Gasteiger partial charge in [0.05, 0.1) is 22.1 Å². The van der Waals surface area contributed by atoms with E-state index in [0.717, 1.165) is 25.0 Å². The second kappa shape index (κ2) is 9.92. The van der Waals surface area contributed by atoms with Gasteiger partial charge < -0.3 is 15.3 Å². The summed E-state index contributed by atoms with van der Waals surface area (Å²) in [6.45, 7) is 0.290. The number of hydrogen-bond donors (Lipinski definition) is 2. The fourth-order valence-electron chi connectivity index (χ4n) is 7.37. The maximum Gasteiger partial charge on any atom is 0.417 e. The second-order valence-corrected chi connectivity index (χ2v) is 12.5. The predicted octanol–water partition coefficient (Wildman–Crippen LogP) is 6.54. The first-order chi connectivity index (χ1) is 20.8. The highest BCUT2D eigenvalue weighted by atomic mass is 35.5. The van der Waals surface area contributed by atoms with Crippen LogP contribution in [0.4, 0.5) is 28.9 Å². The van der Waals surface area contributed by atoms with Gasteiger partial charge in [-0.05, 0) is 60.7 Å². The van der Waals surface area contributed by atoms with Crippen molar-refractivity contribution in [3.05, 3.63) is 92.7 Å². The van der Waals surface area contributed by atoms with Crippen molar-refractivity contribution in [1.29, 1.82) is 0 Å². The van der Waals surface area contributed by atoms with Crippen LogP contribution < -0.4 is 10.2 Å². The summed E-state index contributed by atoms with van der Waals surface area (Å²) in [6, 6.07) is 11.2. The second-order valence-electron chi connectivity index (χ2n) is 11.7. The zero-order chi connectivity index (χ0) is 31.3. The molecule has 0 aromatic heterocycles. The molecule has 1 spiro atoms. The summed E-state index contributed by atoms with van der Waals surface area (Å²) in [5.41, 5.74) is -3.02. The van der Waals surface area contributed by atoms with E-state index in [4.69, 9.17) is 23.2 Å². The summed E-state index contributed by atoms with van der Waals surface area (Å²) >= 11 is 12.5. The highest BCUT2D eigenvalue weighted by Gasteiger charge is 2.71. The van der Waals surface area contributed by atoms with Crippen molar-refractivity contribution in [2.75, 3.05) is 23.3 Å². The molecule has 7 rings (SSSR count). The lowest BCUT2D eigenvalue weighted by Gasteiger charge is -2.41. The van der Waals surface area contributed by atoms with Gasteiger partial charge in [0.25, 0.3) is 0 Å².